The van der Waals surface area contributed by atoms with Gasteiger partial charge in [0.15, 0.2) is 0 Å². The molecule has 2 rings (SSSR count). The van der Waals surface area contributed by atoms with E-state index in [0.29, 0.717) is 5.69 Å². The minimum atomic E-state index is 0.617. The van der Waals surface area contributed by atoms with Gasteiger partial charge in [0.25, 0.3) is 0 Å². The fourth-order valence-corrected chi connectivity index (χ4v) is 2.18. The predicted octanol–water partition coefficient (Wildman–Crippen LogP) is 4.42. The lowest BCUT2D eigenvalue weighted by molar-refractivity contribution is 0.565. The van der Waals surface area contributed by atoms with E-state index in [1.165, 1.54) is 0 Å². The van der Waals surface area contributed by atoms with E-state index in [2.05, 4.69) is 22.4 Å². The maximum atomic E-state index is 10.3. The van der Waals surface area contributed by atoms with Crippen molar-refractivity contribution in [1.29, 1.82) is 0 Å². The highest BCUT2D eigenvalue weighted by Crippen LogP contribution is 2.31. The third kappa shape index (κ3) is 2.81. The van der Waals surface area contributed by atoms with Gasteiger partial charge in [-0.2, -0.15) is 4.99 Å². The van der Waals surface area contributed by atoms with Gasteiger partial charge in [-0.25, -0.2) is 9.79 Å². The number of isocyanates is 1. The van der Waals surface area contributed by atoms with E-state index >= 15 is 0 Å². The van der Waals surface area contributed by atoms with Crippen LogP contribution >= 0.6 is 0 Å². The fraction of sp³-hybridized carbons (Fsp3) is 0.118. The van der Waals surface area contributed by atoms with Crippen molar-refractivity contribution in [2.75, 3.05) is 0 Å². The second kappa shape index (κ2) is 5.94. The van der Waals surface area contributed by atoms with Crippen molar-refractivity contribution in [1.82, 2.24) is 0 Å². The molecule has 0 saturated heterocycles. The maximum Gasteiger partial charge on any atom is 0.240 e. The molecule has 0 aliphatic heterocycles. The van der Waals surface area contributed by atoms with Crippen LogP contribution in [0.3, 0.4) is 0 Å². The monoisotopic (exact) mass is 262 g/mol. The molecule has 3 nitrogen and oxygen atoms in total. The molecule has 0 saturated carbocycles. The fourth-order valence-electron chi connectivity index (χ4n) is 2.18. The molecule has 20 heavy (non-hydrogen) atoms. The molecular weight excluding hydrogens is 248 g/mol. The Morgan fingerprint density at radius 1 is 0.900 bits per heavy atom. The summed E-state index contributed by atoms with van der Waals surface area (Å²) in [6.07, 6.45) is 1.55. The molecule has 3 heteroatoms. The van der Waals surface area contributed by atoms with Gasteiger partial charge in [-0.15, -0.1) is 0 Å². The van der Waals surface area contributed by atoms with Crippen molar-refractivity contribution in [3.8, 4) is 11.1 Å². The minimum absolute atomic E-state index is 0.617. The standard InChI is InChI=1S/C17H14N2O/c1-4-18-14-5-7-16(12(2)9-14)17-8-6-15(19-11-20)10-13(17)3/h5-10H,1H2,2-3H3. The summed E-state index contributed by atoms with van der Waals surface area (Å²) in [6.45, 7) is 7.50. The lowest BCUT2D eigenvalue weighted by Crippen LogP contribution is -1.86. The number of aryl methyl sites for hydroxylation is 2. The molecule has 0 unspecified atom stereocenters. The van der Waals surface area contributed by atoms with Gasteiger partial charge < -0.3 is 0 Å². The lowest BCUT2D eigenvalue weighted by atomic mass is 9.96. The summed E-state index contributed by atoms with van der Waals surface area (Å²) in [5.41, 5.74) is 5.88. The third-order valence-corrected chi connectivity index (χ3v) is 3.09. The topological polar surface area (TPSA) is 41.8 Å². The average Bonchev–Trinajstić information content (AvgIpc) is 2.41. The van der Waals surface area contributed by atoms with Crippen molar-refractivity contribution >= 4 is 23.3 Å². The molecule has 0 aliphatic rings. The molecule has 0 spiro atoms. The van der Waals surface area contributed by atoms with E-state index in [-0.39, 0.29) is 0 Å². The highest BCUT2D eigenvalue weighted by molar-refractivity contribution is 5.74. The van der Waals surface area contributed by atoms with Crippen LogP contribution in [0.25, 0.3) is 11.1 Å². The molecule has 2 aromatic rings. The van der Waals surface area contributed by atoms with Gasteiger partial charge in [0, 0.05) is 0 Å². The summed E-state index contributed by atoms with van der Waals surface area (Å²) in [6, 6.07) is 11.6. The smallest absolute Gasteiger partial charge is 0.211 e. The van der Waals surface area contributed by atoms with Crippen molar-refractivity contribution in [2.24, 2.45) is 9.98 Å². The number of hydrogen-bond acceptors (Lipinski definition) is 3. The second-order valence-corrected chi connectivity index (χ2v) is 4.47. The van der Waals surface area contributed by atoms with Crippen LogP contribution in [0.1, 0.15) is 11.1 Å². The van der Waals surface area contributed by atoms with Crippen LogP contribution in [0.2, 0.25) is 0 Å². The molecule has 0 amide bonds. The maximum absolute atomic E-state index is 10.3. The van der Waals surface area contributed by atoms with Crippen molar-refractivity contribution in [2.45, 2.75) is 13.8 Å². The molecule has 0 atom stereocenters. The number of carbonyl (C=O) groups excluding carboxylic acids is 1. The summed E-state index contributed by atoms with van der Waals surface area (Å²) in [4.78, 5) is 18.0. The summed E-state index contributed by atoms with van der Waals surface area (Å²) >= 11 is 0. The molecular formula is C17H14N2O. The van der Waals surface area contributed by atoms with E-state index in [1.807, 2.05) is 50.2 Å². The number of benzene rings is 2. The number of aliphatic imine (C=N–C) groups is 2. The quantitative estimate of drug-likeness (QED) is 0.596. The molecule has 0 bridgehead atoms. The largest absolute Gasteiger partial charge is 0.240 e. The van der Waals surface area contributed by atoms with Crippen molar-refractivity contribution in [3.05, 3.63) is 54.1 Å². The molecule has 0 radical (unpaired) electrons. The Hall–Kier alpha value is -2.73. The highest BCUT2D eigenvalue weighted by atomic mass is 16.1. The molecule has 2 aromatic carbocycles. The summed E-state index contributed by atoms with van der Waals surface area (Å²) in [5.74, 6) is 2.53. The Morgan fingerprint density at radius 2 is 1.40 bits per heavy atom. The zero-order chi connectivity index (χ0) is 14.5. The van der Waals surface area contributed by atoms with E-state index < -0.39 is 0 Å². The first-order chi connectivity index (χ1) is 9.65. The Kier molecular flexibility index (Phi) is 4.07. The Labute approximate surface area is 118 Å². The summed E-state index contributed by atoms with van der Waals surface area (Å²) in [5, 5.41) is 0. The Bertz CT molecular complexity index is 684. The number of nitrogens with zero attached hydrogens (tertiary/aromatic N) is 2. The number of rotatable bonds is 3. The van der Waals surface area contributed by atoms with Gasteiger partial charge in [-0.1, -0.05) is 12.1 Å². The van der Waals surface area contributed by atoms with Crippen molar-refractivity contribution in [3.63, 3.8) is 0 Å². The molecule has 0 N–H and O–H groups in total. The van der Waals surface area contributed by atoms with E-state index in [9.17, 15) is 4.79 Å². The van der Waals surface area contributed by atoms with E-state index in [1.54, 1.807) is 6.08 Å². The van der Waals surface area contributed by atoms with E-state index in [0.717, 1.165) is 27.9 Å². The lowest BCUT2D eigenvalue weighted by Gasteiger charge is -2.10. The molecule has 98 valence electrons. The van der Waals surface area contributed by atoms with Gasteiger partial charge in [0.2, 0.25) is 6.08 Å². The third-order valence-electron chi connectivity index (χ3n) is 3.09. The van der Waals surface area contributed by atoms with Gasteiger partial charge in [-0.05, 0) is 72.8 Å². The van der Waals surface area contributed by atoms with Crippen LogP contribution in [0.4, 0.5) is 11.4 Å². The van der Waals surface area contributed by atoms with Crippen LogP contribution in [-0.4, -0.2) is 11.9 Å². The van der Waals surface area contributed by atoms with Gasteiger partial charge in [0.1, 0.15) is 0 Å². The summed E-state index contributed by atoms with van der Waals surface area (Å²) in [7, 11) is 0. The first kappa shape index (κ1) is 13.7. The zero-order valence-electron chi connectivity index (χ0n) is 11.5. The first-order valence-electron chi connectivity index (χ1n) is 6.18. The van der Waals surface area contributed by atoms with Crippen LogP contribution in [-0.2, 0) is 4.79 Å². The first-order valence-corrected chi connectivity index (χ1v) is 6.18. The second-order valence-electron chi connectivity index (χ2n) is 4.47. The highest BCUT2D eigenvalue weighted by Gasteiger charge is 2.06. The van der Waals surface area contributed by atoms with Crippen LogP contribution in [0, 0.1) is 13.8 Å². The molecule has 0 heterocycles. The van der Waals surface area contributed by atoms with Crippen LogP contribution < -0.4 is 0 Å². The molecule has 0 fully saturated rings. The van der Waals surface area contributed by atoms with Crippen LogP contribution in [0.15, 0.2) is 53.0 Å². The van der Waals surface area contributed by atoms with Gasteiger partial charge in [-0.3, -0.25) is 0 Å². The van der Waals surface area contributed by atoms with Gasteiger partial charge >= 0.3 is 0 Å². The summed E-state index contributed by atoms with van der Waals surface area (Å²) < 4.78 is 0. The van der Waals surface area contributed by atoms with Crippen molar-refractivity contribution < 1.29 is 4.79 Å². The molecule has 0 aliphatic carbocycles. The van der Waals surface area contributed by atoms with Gasteiger partial charge in [0.05, 0.1) is 11.4 Å². The van der Waals surface area contributed by atoms with Crippen LogP contribution in [0.5, 0.6) is 0 Å². The Balaban J connectivity index is 2.51. The minimum Gasteiger partial charge on any atom is -0.211 e. The number of hydrogen-bond donors (Lipinski definition) is 0. The Morgan fingerprint density at radius 3 is 1.80 bits per heavy atom. The predicted molar refractivity (Wildman–Crippen MR) is 81.9 cm³/mol. The van der Waals surface area contributed by atoms with E-state index in [4.69, 9.17) is 0 Å². The zero-order valence-corrected chi connectivity index (χ0v) is 11.5. The average molecular weight is 262 g/mol. The SMILES string of the molecule is C=C=Nc1ccc(-c2ccc(N=C=O)cc2C)c(C)c1. The molecule has 0 aromatic heterocycles. The normalized spacial score (nSPS) is 9.50.